The molecule has 0 radical (unpaired) electrons. The van der Waals surface area contributed by atoms with Crippen molar-refractivity contribution in [3.8, 4) is 0 Å². The van der Waals surface area contributed by atoms with Gasteiger partial charge in [-0.1, -0.05) is 29.8 Å². The highest BCUT2D eigenvalue weighted by Crippen LogP contribution is 2.20. The molecule has 1 aliphatic rings. The Hall–Kier alpha value is -2.11. The molecule has 0 aliphatic carbocycles. The minimum atomic E-state index is 0.143. The van der Waals surface area contributed by atoms with Crippen LogP contribution < -0.4 is 15.5 Å². The summed E-state index contributed by atoms with van der Waals surface area (Å²) >= 11 is 5.43. The third kappa shape index (κ3) is 4.94. The van der Waals surface area contributed by atoms with Gasteiger partial charge in [0.05, 0.1) is 19.3 Å². The molecule has 2 aromatic carbocycles. The molecule has 3 rings (SSSR count). The maximum atomic E-state index is 5.43. The Balaban J connectivity index is 1.55. The Bertz CT molecular complexity index is 694. The van der Waals surface area contributed by atoms with Crippen molar-refractivity contribution in [1.29, 1.82) is 0 Å². The van der Waals surface area contributed by atoms with E-state index in [-0.39, 0.29) is 6.04 Å². The standard InChI is InChI=1S/C20H25N3OS/c1-15-3-7-18(8-4-15)22-20(25)21-16(2)17-5-9-19(10-6-17)23-11-13-24-14-12-23/h3-10,16H,11-14H2,1-2H3,(H2,21,22,25)/t16-/m1/s1. The third-order valence-electron chi connectivity index (χ3n) is 4.43. The molecule has 2 N–H and O–H groups in total. The molecule has 5 heteroatoms. The number of ether oxygens (including phenoxy) is 1. The van der Waals surface area contributed by atoms with Crippen LogP contribution >= 0.6 is 12.2 Å². The molecule has 1 heterocycles. The number of rotatable bonds is 4. The van der Waals surface area contributed by atoms with Crippen LogP contribution in [0.3, 0.4) is 0 Å². The Labute approximate surface area is 155 Å². The summed E-state index contributed by atoms with van der Waals surface area (Å²) in [5.74, 6) is 0. The lowest BCUT2D eigenvalue weighted by Gasteiger charge is -2.29. The van der Waals surface area contributed by atoms with Gasteiger partial charge in [0.15, 0.2) is 5.11 Å². The van der Waals surface area contributed by atoms with Crippen LogP contribution in [-0.4, -0.2) is 31.4 Å². The molecule has 1 saturated heterocycles. The molecule has 25 heavy (non-hydrogen) atoms. The Morgan fingerprint density at radius 1 is 1.04 bits per heavy atom. The Kier molecular flexibility index (Phi) is 5.89. The fourth-order valence-electron chi connectivity index (χ4n) is 2.88. The van der Waals surface area contributed by atoms with Gasteiger partial charge in [0.2, 0.25) is 0 Å². The predicted molar refractivity (Wildman–Crippen MR) is 108 cm³/mol. The normalized spacial score (nSPS) is 15.5. The van der Waals surface area contributed by atoms with Crippen LogP contribution in [0.1, 0.15) is 24.1 Å². The van der Waals surface area contributed by atoms with E-state index in [0.717, 1.165) is 32.0 Å². The second kappa shape index (κ2) is 8.32. The molecule has 1 aliphatic heterocycles. The second-order valence-corrected chi connectivity index (χ2v) is 6.79. The predicted octanol–water partition coefficient (Wildman–Crippen LogP) is 3.88. The van der Waals surface area contributed by atoms with E-state index in [0.29, 0.717) is 5.11 Å². The van der Waals surface area contributed by atoms with Crippen molar-refractivity contribution >= 4 is 28.7 Å². The van der Waals surface area contributed by atoms with E-state index in [4.69, 9.17) is 17.0 Å². The zero-order chi connectivity index (χ0) is 17.6. The van der Waals surface area contributed by atoms with Crippen molar-refractivity contribution in [2.45, 2.75) is 19.9 Å². The third-order valence-corrected chi connectivity index (χ3v) is 4.65. The quantitative estimate of drug-likeness (QED) is 0.814. The van der Waals surface area contributed by atoms with Crippen LogP contribution in [0, 0.1) is 6.92 Å². The highest BCUT2D eigenvalue weighted by Gasteiger charge is 2.12. The molecular formula is C20H25N3OS. The summed E-state index contributed by atoms with van der Waals surface area (Å²) in [6.45, 7) is 7.71. The highest BCUT2D eigenvalue weighted by molar-refractivity contribution is 7.80. The van der Waals surface area contributed by atoms with Crippen molar-refractivity contribution in [2.75, 3.05) is 36.5 Å². The fourth-order valence-corrected chi connectivity index (χ4v) is 3.17. The highest BCUT2D eigenvalue weighted by atomic mass is 32.1. The molecule has 0 aromatic heterocycles. The summed E-state index contributed by atoms with van der Waals surface area (Å²) in [6, 6.07) is 17.0. The van der Waals surface area contributed by atoms with Crippen LogP contribution in [0.15, 0.2) is 48.5 Å². The van der Waals surface area contributed by atoms with E-state index in [2.05, 4.69) is 65.8 Å². The zero-order valence-corrected chi connectivity index (χ0v) is 15.6. The number of morpholine rings is 1. The molecule has 0 bridgehead atoms. The van der Waals surface area contributed by atoms with E-state index in [1.807, 2.05) is 12.1 Å². The topological polar surface area (TPSA) is 36.5 Å². The SMILES string of the molecule is Cc1ccc(NC(=S)N[C@H](C)c2ccc(N3CCOCC3)cc2)cc1. The maximum absolute atomic E-state index is 5.43. The molecule has 0 saturated carbocycles. The molecule has 1 fully saturated rings. The van der Waals surface area contributed by atoms with Gasteiger partial charge < -0.3 is 20.3 Å². The fraction of sp³-hybridized carbons (Fsp3) is 0.350. The first-order chi connectivity index (χ1) is 12.1. The summed E-state index contributed by atoms with van der Waals surface area (Å²) in [4.78, 5) is 2.36. The van der Waals surface area contributed by atoms with Gasteiger partial charge in [-0.15, -0.1) is 0 Å². The van der Waals surface area contributed by atoms with E-state index < -0.39 is 0 Å². The first-order valence-corrected chi connectivity index (χ1v) is 9.09. The number of anilines is 2. The minimum absolute atomic E-state index is 0.143. The molecule has 2 aromatic rings. The molecule has 0 unspecified atom stereocenters. The van der Waals surface area contributed by atoms with Crippen LogP contribution in [0.5, 0.6) is 0 Å². The summed E-state index contributed by atoms with van der Waals surface area (Å²) in [6.07, 6.45) is 0. The number of hydrogen-bond acceptors (Lipinski definition) is 3. The summed E-state index contributed by atoms with van der Waals surface area (Å²) < 4.78 is 5.41. The van der Waals surface area contributed by atoms with E-state index in [1.165, 1.54) is 16.8 Å². The average molecular weight is 356 g/mol. The van der Waals surface area contributed by atoms with Crippen molar-refractivity contribution in [3.63, 3.8) is 0 Å². The second-order valence-electron chi connectivity index (χ2n) is 6.38. The van der Waals surface area contributed by atoms with E-state index >= 15 is 0 Å². The Morgan fingerprint density at radius 3 is 2.32 bits per heavy atom. The number of nitrogens with one attached hydrogen (secondary N) is 2. The molecule has 4 nitrogen and oxygen atoms in total. The summed E-state index contributed by atoms with van der Waals surface area (Å²) in [5.41, 5.74) is 4.70. The number of thiocarbonyl (C=S) groups is 1. The van der Waals surface area contributed by atoms with Crippen LogP contribution in [0.4, 0.5) is 11.4 Å². The van der Waals surface area contributed by atoms with Gasteiger partial charge in [0.25, 0.3) is 0 Å². The van der Waals surface area contributed by atoms with Gasteiger partial charge >= 0.3 is 0 Å². The van der Waals surface area contributed by atoms with Crippen LogP contribution in [0.25, 0.3) is 0 Å². The van der Waals surface area contributed by atoms with Crippen molar-refractivity contribution in [1.82, 2.24) is 5.32 Å². The van der Waals surface area contributed by atoms with Gasteiger partial charge in [-0.05, 0) is 55.9 Å². The number of benzene rings is 2. The molecule has 0 amide bonds. The summed E-state index contributed by atoms with van der Waals surface area (Å²) in [7, 11) is 0. The first-order valence-electron chi connectivity index (χ1n) is 8.68. The molecule has 0 spiro atoms. The zero-order valence-electron chi connectivity index (χ0n) is 14.8. The molecule has 132 valence electrons. The lowest BCUT2D eigenvalue weighted by atomic mass is 10.1. The minimum Gasteiger partial charge on any atom is -0.378 e. The van der Waals surface area contributed by atoms with Gasteiger partial charge in [0.1, 0.15) is 0 Å². The summed E-state index contributed by atoms with van der Waals surface area (Å²) in [5, 5.41) is 7.21. The largest absolute Gasteiger partial charge is 0.378 e. The van der Waals surface area contributed by atoms with Gasteiger partial charge in [-0.25, -0.2) is 0 Å². The van der Waals surface area contributed by atoms with Crippen molar-refractivity contribution in [3.05, 3.63) is 59.7 Å². The van der Waals surface area contributed by atoms with Crippen molar-refractivity contribution in [2.24, 2.45) is 0 Å². The van der Waals surface area contributed by atoms with E-state index in [1.54, 1.807) is 0 Å². The smallest absolute Gasteiger partial charge is 0.171 e. The number of aryl methyl sites for hydroxylation is 1. The monoisotopic (exact) mass is 355 g/mol. The van der Waals surface area contributed by atoms with Crippen molar-refractivity contribution < 1.29 is 4.74 Å². The first kappa shape index (κ1) is 17.7. The van der Waals surface area contributed by atoms with E-state index in [9.17, 15) is 0 Å². The van der Waals surface area contributed by atoms with Crippen LogP contribution in [0.2, 0.25) is 0 Å². The van der Waals surface area contributed by atoms with Gasteiger partial charge in [-0.2, -0.15) is 0 Å². The van der Waals surface area contributed by atoms with Gasteiger partial charge in [-0.3, -0.25) is 0 Å². The Morgan fingerprint density at radius 2 is 1.68 bits per heavy atom. The van der Waals surface area contributed by atoms with Gasteiger partial charge in [0, 0.05) is 24.5 Å². The number of hydrogen-bond donors (Lipinski definition) is 2. The lowest BCUT2D eigenvalue weighted by molar-refractivity contribution is 0.122. The molecule has 1 atom stereocenters. The lowest BCUT2D eigenvalue weighted by Crippen LogP contribution is -2.36. The number of nitrogens with zero attached hydrogens (tertiary/aromatic N) is 1. The van der Waals surface area contributed by atoms with Crippen LogP contribution in [-0.2, 0) is 4.74 Å². The molecular weight excluding hydrogens is 330 g/mol. The maximum Gasteiger partial charge on any atom is 0.171 e. The average Bonchev–Trinajstić information content (AvgIpc) is 2.64.